The molecule has 21 heavy (non-hydrogen) atoms. The molecule has 0 saturated heterocycles. The molecule has 116 valence electrons. The lowest BCUT2D eigenvalue weighted by atomic mass is 10.0. The molecule has 0 aliphatic rings. The highest BCUT2D eigenvalue weighted by atomic mass is 16.5. The average molecular weight is 293 g/mol. The summed E-state index contributed by atoms with van der Waals surface area (Å²) in [4.78, 5) is 24.8. The first-order chi connectivity index (χ1) is 9.99. The van der Waals surface area contributed by atoms with Crippen LogP contribution < -0.4 is 0 Å². The van der Waals surface area contributed by atoms with Gasteiger partial charge in [-0.2, -0.15) is 0 Å². The van der Waals surface area contributed by atoms with Crippen molar-refractivity contribution in [3.8, 4) is 0 Å². The number of aryl methyl sites for hydroxylation is 1. The van der Waals surface area contributed by atoms with Gasteiger partial charge in [0.25, 0.3) is 0 Å². The van der Waals surface area contributed by atoms with Crippen LogP contribution in [0.5, 0.6) is 0 Å². The number of carboxylic acids is 1. The van der Waals surface area contributed by atoms with Crippen molar-refractivity contribution < 1.29 is 19.4 Å². The number of likely N-dealkylation sites (N-methyl/N-ethyl adjacent to an activating group) is 1. The lowest BCUT2D eigenvalue weighted by molar-refractivity contribution is -0.147. The Balaban J connectivity index is 2.86. The molecular formula is C16H23NO4. The van der Waals surface area contributed by atoms with Crippen molar-refractivity contribution in [2.24, 2.45) is 0 Å². The zero-order chi connectivity index (χ0) is 15.8. The van der Waals surface area contributed by atoms with Gasteiger partial charge in [-0.25, -0.2) is 0 Å². The quantitative estimate of drug-likeness (QED) is 0.745. The second kappa shape index (κ2) is 8.42. The Bertz CT molecular complexity index is 487. The number of nitrogens with zero attached hydrogens (tertiary/aromatic N) is 1. The van der Waals surface area contributed by atoms with Crippen LogP contribution in [-0.2, 0) is 14.3 Å². The highest BCUT2D eigenvalue weighted by Crippen LogP contribution is 2.22. The number of rotatable bonds is 8. The zero-order valence-electron chi connectivity index (χ0n) is 12.8. The van der Waals surface area contributed by atoms with Gasteiger partial charge in [0.05, 0.1) is 13.0 Å². The topological polar surface area (TPSA) is 66.8 Å². The highest BCUT2D eigenvalue weighted by molar-refractivity contribution is 5.76. The molecule has 0 aliphatic heterocycles. The monoisotopic (exact) mass is 293 g/mol. The SMILES string of the molecule is CCOC(=O)CCN(CC)C(C(=O)O)c1cccc(C)c1. The first kappa shape index (κ1) is 17.2. The van der Waals surface area contributed by atoms with Gasteiger partial charge in [0.1, 0.15) is 6.04 Å². The molecule has 0 saturated carbocycles. The number of carboxylic acid groups (broad SMARTS) is 1. The van der Waals surface area contributed by atoms with E-state index in [1.54, 1.807) is 17.9 Å². The van der Waals surface area contributed by atoms with Crippen LogP contribution in [0.3, 0.4) is 0 Å². The smallest absolute Gasteiger partial charge is 0.325 e. The molecule has 0 radical (unpaired) electrons. The molecule has 0 bridgehead atoms. The largest absolute Gasteiger partial charge is 0.480 e. The number of hydrogen-bond acceptors (Lipinski definition) is 4. The lowest BCUT2D eigenvalue weighted by Crippen LogP contribution is -2.35. The summed E-state index contributed by atoms with van der Waals surface area (Å²) >= 11 is 0. The van der Waals surface area contributed by atoms with Gasteiger partial charge in [-0.05, 0) is 26.0 Å². The summed E-state index contributed by atoms with van der Waals surface area (Å²) < 4.78 is 4.89. The number of esters is 1. The molecule has 0 spiro atoms. The van der Waals surface area contributed by atoms with Gasteiger partial charge in [-0.1, -0.05) is 36.8 Å². The van der Waals surface area contributed by atoms with E-state index in [-0.39, 0.29) is 12.4 Å². The molecule has 0 amide bonds. The Kier molecular flexibility index (Phi) is 6.88. The first-order valence-corrected chi connectivity index (χ1v) is 7.18. The fourth-order valence-electron chi connectivity index (χ4n) is 2.29. The Morgan fingerprint density at radius 3 is 2.57 bits per heavy atom. The maximum absolute atomic E-state index is 11.6. The van der Waals surface area contributed by atoms with Crippen LogP contribution >= 0.6 is 0 Å². The molecule has 1 aromatic carbocycles. The fraction of sp³-hybridized carbons (Fsp3) is 0.500. The Hall–Kier alpha value is -1.88. The number of carbonyl (C=O) groups excluding carboxylic acids is 1. The Morgan fingerprint density at radius 1 is 1.33 bits per heavy atom. The van der Waals surface area contributed by atoms with Crippen molar-refractivity contribution in [2.75, 3.05) is 19.7 Å². The van der Waals surface area contributed by atoms with Crippen LogP contribution in [0.1, 0.15) is 37.4 Å². The number of benzene rings is 1. The third kappa shape index (κ3) is 5.19. The van der Waals surface area contributed by atoms with Crippen LogP contribution in [-0.4, -0.2) is 41.6 Å². The van der Waals surface area contributed by atoms with Crippen LogP contribution in [0.25, 0.3) is 0 Å². The van der Waals surface area contributed by atoms with E-state index in [0.29, 0.717) is 19.7 Å². The Morgan fingerprint density at radius 2 is 2.05 bits per heavy atom. The summed E-state index contributed by atoms with van der Waals surface area (Å²) in [5.41, 5.74) is 1.74. The third-order valence-corrected chi connectivity index (χ3v) is 3.27. The summed E-state index contributed by atoms with van der Waals surface area (Å²) in [6, 6.07) is 6.70. The van der Waals surface area contributed by atoms with E-state index in [0.717, 1.165) is 11.1 Å². The van der Waals surface area contributed by atoms with E-state index in [1.165, 1.54) is 0 Å². The maximum atomic E-state index is 11.6. The third-order valence-electron chi connectivity index (χ3n) is 3.27. The van der Waals surface area contributed by atoms with E-state index in [2.05, 4.69) is 0 Å². The van der Waals surface area contributed by atoms with E-state index >= 15 is 0 Å². The van der Waals surface area contributed by atoms with Crippen molar-refractivity contribution in [3.05, 3.63) is 35.4 Å². The second-order valence-electron chi connectivity index (χ2n) is 4.84. The molecule has 0 heterocycles. The molecule has 5 nitrogen and oxygen atoms in total. The molecule has 1 rings (SSSR count). The van der Waals surface area contributed by atoms with Gasteiger partial charge in [0, 0.05) is 6.54 Å². The van der Waals surface area contributed by atoms with Gasteiger partial charge >= 0.3 is 11.9 Å². The van der Waals surface area contributed by atoms with Crippen LogP contribution in [0, 0.1) is 6.92 Å². The van der Waals surface area contributed by atoms with E-state index in [9.17, 15) is 14.7 Å². The highest BCUT2D eigenvalue weighted by Gasteiger charge is 2.26. The van der Waals surface area contributed by atoms with Gasteiger partial charge in [0.2, 0.25) is 0 Å². The summed E-state index contributed by atoms with van der Waals surface area (Å²) in [5.74, 6) is -1.21. The van der Waals surface area contributed by atoms with Gasteiger partial charge in [-0.3, -0.25) is 14.5 Å². The minimum Gasteiger partial charge on any atom is -0.480 e. The van der Waals surface area contributed by atoms with Crippen molar-refractivity contribution in [1.82, 2.24) is 4.90 Å². The molecule has 1 unspecified atom stereocenters. The summed E-state index contributed by atoms with van der Waals surface area (Å²) in [6.45, 7) is 6.81. The number of ether oxygens (including phenoxy) is 1. The normalized spacial score (nSPS) is 12.2. The fourth-order valence-corrected chi connectivity index (χ4v) is 2.29. The van der Waals surface area contributed by atoms with Crippen LogP contribution in [0.15, 0.2) is 24.3 Å². The molecule has 0 fully saturated rings. The number of aliphatic carboxylic acids is 1. The molecule has 0 aromatic heterocycles. The Labute approximate surface area is 125 Å². The standard InChI is InChI=1S/C16H23NO4/c1-4-17(10-9-14(18)21-5-2)15(16(19)20)13-8-6-7-12(3)11-13/h6-8,11,15H,4-5,9-10H2,1-3H3,(H,19,20). The van der Waals surface area contributed by atoms with Crippen LogP contribution in [0.2, 0.25) is 0 Å². The van der Waals surface area contributed by atoms with Gasteiger partial charge < -0.3 is 9.84 Å². The lowest BCUT2D eigenvalue weighted by Gasteiger charge is -2.27. The molecule has 1 N–H and O–H groups in total. The number of carbonyl (C=O) groups is 2. The average Bonchev–Trinajstić information content (AvgIpc) is 2.43. The van der Waals surface area contributed by atoms with E-state index in [4.69, 9.17) is 4.74 Å². The van der Waals surface area contributed by atoms with E-state index in [1.807, 2.05) is 32.0 Å². The molecular weight excluding hydrogens is 270 g/mol. The van der Waals surface area contributed by atoms with E-state index < -0.39 is 12.0 Å². The van der Waals surface area contributed by atoms with Crippen molar-refractivity contribution >= 4 is 11.9 Å². The molecule has 1 atom stereocenters. The summed E-state index contributed by atoms with van der Waals surface area (Å²) in [5, 5.41) is 9.53. The van der Waals surface area contributed by atoms with Gasteiger partial charge in [-0.15, -0.1) is 0 Å². The maximum Gasteiger partial charge on any atom is 0.325 e. The van der Waals surface area contributed by atoms with Crippen LogP contribution in [0.4, 0.5) is 0 Å². The predicted molar refractivity (Wildman–Crippen MR) is 80.1 cm³/mol. The summed E-state index contributed by atoms with van der Waals surface area (Å²) in [7, 11) is 0. The predicted octanol–water partition coefficient (Wildman–Crippen LogP) is 2.40. The van der Waals surface area contributed by atoms with Crippen molar-refractivity contribution in [3.63, 3.8) is 0 Å². The minimum atomic E-state index is -0.911. The number of hydrogen-bond donors (Lipinski definition) is 1. The van der Waals surface area contributed by atoms with Crippen molar-refractivity contribution in [1.29, 1.82) is 0 Å². The zero-order valence-corrected chi connectivity index (χ0v) is 12.8. The second-order valence-corrected chi connectivity index (χ2v) is 4.84. The molecule has 1 aromatic rings. The minimum absolute atomic E-state index is 0.192. The first-order valence-electron chi connectivity index (χ1n) is 7.18. The van der Waals surface area contributed by atoms with Crippen molar-refractivity contribution in [2.45, 2.75) is 33.2 Å². The summed E-state index contributed by atoms with van der Waals surface area (Å²) in [6.07, 6.45) is 0.192. The van der Waals surface area contributed by atoms with Gasteiger partial charge in [0.15, 0.2) is 0 Å². The molecule has 5 heteroatoms. The molecule has 0 aliphatic carbocycles.